The SMILES string of the molecule is C#C/C=C1/CCC(C(=O)OC)C/C1=C/C.CC. The van der Waals surface area contributed by atoms with Crippen LogP contribution in [0.2, 0.25) is 0 Å². The van der Waals surface area contributed by atoms with Crippen LogP contribution in [0.3, 0.4) is 0 Å². The van der Waals surface area contributed by atoms with Gasteiger partial charge in [0.05, 0.1) is 13.0 Å². The largest absolute Gasteiger partial charge is 0.469 e. The van der Waals surface area contributed by atoms with Gasteiger partial charge in [-0.05, 0) is 43.4 Å². The van der Waals surface area contributed by atoms with Gasteiger partial charge in [0.1, 0.15) is 0 Å². The molecule has 0 spiro atoms. The summed E-state index contributed by atoms with van der Waals surface area (Å²) < 4.78 is 4.75. The summed E-state index contributed by atoms with van der Waals surface area (Å²) in [5.74, 6) is 2.42. The Morgan fingerprint density at radius 1 is 1.47 bits per heavy atom. The molecule has 0 saturated heterocycles. The molecule has 1 unspecified atom stereocenters. The molecule has 0 aliphatic heterocycles. The van der Waals surface area contributed by atoms with Gasteiger partial charge in [-0.1, -0.05) is 25.8 Å². The maximum absolute atomic E-state index is 11.4. The minimum absolute atomic E-state index is 0.00359. The fourth-order valence-corrected chi connectivity index (χ4v) is 1.93. The fourth-order valence-electron chi connectivity index (χ4n) is 1.93. The van der Waals surface area contributed by atoms with Gasteiger partial charge in [-0.25, -0.2) is 0 Å². The Morgan fingerprint density at radius 2 is 2.12 bits per heavy atom. The zero-order chi connectivity index (χ0) is 13.3. The van der Waals surface area contributed by atoms with Crippen LogP contribution in [0.15, 0.2) is 23.3 Å². The molecule has 1 rings (SSSR count). The summed E-state index contributed by atoms with van der Waals surface area (Å²) in [6.07, 6.45) is 11.5. The molecule has 0 amide bonds. The molecule has 94 valence electrons. The van der Waals surface area contributed by atoms with Gasteiger partial charge in [-0.3, -0.25) is 4.79 Å². The van der Waals surface area contributed by atoms with E-state index in [4.69, 9.17) is 11.2 Å². The highest BCUT2D eigenvalue weighted by atomic mass is 16.5. The molecule has 1 saturated carbocycles. The van der Waals surface area contributed by atoms with Gasteiger partial charge in [-0.15, -0.1) is 6.42 Å². The van der Waals surface area contributed by atoms with E-state index in [0.717, 1.165) is 19.3 Å². The summed E-state index contributed by atoms with van der Waals surface area (Å²) in [4.78, 5) is 11.4. The lowest BCUT2D eigenvalue weighted by Crippen LogP contribution is -2.21. The van der Waals surface area contributed by atoms with Crippen LogP contribution in [0.5, 0.6) is 0 Å². The molecule has 0 bridgehead atoms. The maximum Gasteiger partial charge on any atom is 0.309 e. The molecule has 0 aromatic heterocycles. The predicted octanol–water partition coefficient (Wildman–Crippen LogP) is 3.49. The second kappa shape index (κ2) is 8.64. The number of hydrogen-bond acceptors (Lipinski definition) is 2. The van der Waals surface area contributed by atoms with Gasteiger partial charge in [0.15, 0.2) is 0 Å². The number of carbonyl (C=O) groups excluding carboxylic acids is 1. The topological polar surface area (TPSA) is 26.3 Å². The number of terminal acetylenes is 1. The molecule has 2 heteroatoms. The molecule has 17 heavy (non-hydrogen) atoms. The zero-order valence-corrected chi connectivity index (χ0v) is 11.2. The standard InChI is InChI=1S/C13H16O2.C2H6/c1-4-6-11-7-8-12(13(14)15-3)9-10(11)5-2;1-2/h1,5-6,12H,7-9H2,2-3H3;1-2H3/b10-5-,11-6-;. The van der Waals surface area contributed by atoms with Crippen molar-refractivity contribution in [3.63, 3.8) is 0 Å². The van der Waals surface area contributed by atoms with E-state index in [0.29, 0.717) is 0 Å². The Hall–Kier alpha value is -1.49. The molecule has 0 aromatic carbocycles. The highest BCUT2D eigenvalue weighted by molar-refractivity contribution is 5.73. The van der Waals surface area contributed by atoms with Gasteiger partial charge in [0.2, 0.25) is 0 Å². The van der Waals surface area contributed by atoms with Crippen LogP contribution in [-0.4, -0.2) is 13.1 Å². The van der Waals surface area contributed by atoms with Crippen LogP contribution in [0.25, 0.3) is 0 Å². The van der Waals surface area contributed by atoms with E-state index in [1.165, 1.54) is 18.3 Å². The quantitative estimate of drug-likeness (QED) is 0.513. The van der Waals surface area contributed by atoms with E-state index in [1.807, 2.05) is 26.8 Å². The van der Waals surface area contributed by atoms with Crippen molar-refractivity contribution in [1.29, 1.82) is 0 Å². The maximum atomic E-state index is 11.4. The molecular weight excluding hydrogens is 212 g/mol. The second-order valence-electron chi connectivity index (χ2n) is 3.61. The van der Waals surface area contributed by atoms with Gasteiger partial charge >= 0.3 is 5.97 Å². The number of hydrogen-bond donors (Lipinski definition) is 0. The predicted molar refractivity (Wildman–Crippen MR) is 71.4 cm³/mol. The molecule has 0 aromatic rings. The first kappa shape index (κ1) is 15.5. The molecule has 1 aliphatic carbocycles. The third-order valence-corrected chi connectivity index (χ3v) is 2.78. The minimum atomic E-state index is -0.117. The van der Waals surface area contributed by atoms with Crippen LogP contribution in [-0.2, 0) is 9.53 Å². The highest BCUT2D eigenvalue weighted by Crippen LogP contribution is 2.33. The number of rotatable bonds is 1. The van der Waals surface area contributed by atoms with Crippen molar-refractivity contribution in [3.8, 4) is 12.3 Å². The number of esters is 1. The first-order chi connectivity index (χ1) is 8.22. The van der Waals surface area contributed by atoms with Gasteiger partial charge in [0, 0.05) is 0 Å². The summed E-state index contributed by atoms with van der Waals surface area (Å²) in [6, 6.07) is 0. The second-order valence-corrected chi connectivity index (χ2v) is 3.61. The van der Waals surface area contributed by atoms with Crippen LogP contribution < -0.4 is 0 Å². The number of ether oxygens (including phenoxy) is 1. The van der Waals surface area contributed by atoms with Gasteiger partial charge in [-0.2, -0.15) is 0 Å². The van der Waals surface area contributed by atoms with E-state index >= 15 is 0 Å². The van der Waals surface area contributed by atoms with E-state index in [2.05, 4.69) is 5.92 Å². The smallest absolute Gasteiger partial charge is 0.309 e. The normalized spacial score (nSPS) is 23.6. The Balaban J connectivity index is 0.00000121. The first-order valence-electron chi connectivity index (χ1n) is 6.11. The van der Waals surface area contributed by atoms with Crippen LogP contribution >= 0.6 is 0 Å². The summed E-state index contributed by atoms with van der Waals surface area (Å²) in [5.41, 5.74) is 2.36. The van der Waals surface area contributed by atoms with Crippen molar-refractivity contribution in [2.24, 2.45) is 5.92 Å². The summed E-state index contributed by atoms with van der Waals surface area (Å²) in [6.45, 7) is 5.97. The van der Waals surface area contributed by atoms with E-state index in [1.54, 1.807) is 6.08 Å². The van der Waals surface area contributed by atoms with Gasteiger partial charge in [0.25, 0.3) is 0 Å². The lowest BCUT2D eigenvalue weighted by Gasteiger charge is -2.24. The van der Waals surface area contributed by atoms with E-state index in [-0.39, 0.29) is 11.9 Å². The first-order valence-corrected chi connectivity index (χ1v) is 6.11. The van der Waals surface area contributed by atoms with Crippen LogP contribution in [0.4, 0.5) is 0 Å². The third kappa shape index (κ3) is 4.48. The van der Waals surface area contributed by atoms with Crippen molar-refractivity contribution in [1.82, 2.24) is 0 Å². The van der Waals surface area contributed by atoms with Crippen molar-refractivity contribution in [2.45, 2.75) is 40.0 Å². The van der Waals surface area contributed by atoms with Crippen molar-refractivity contribution >= 4 is 5.97 Å². The summed E-state index contributed by atoms with van der Waals surface area (Å²) in [7, 11) is 1.43. The Kier molecular flexibility index (Phi) is 7.88. The zero-order valence-electron chi connectivity index (χ0n) is 11.2. The Morgan fingerprint density at radius 3 is 2.59 bits per heavy atom. The average Bonchev–Trinajstić information content (AvgIpc) is 2.41. The molecule has 1 atom stereocenters. The van der Waals surface area contributed by atoms with Gasteiger partial charge < -0.3 is 4.74 Å². The van der Waals surface area contributed by atoms with Crippen LogP contribution in [0, 0.1) is 18.3 Å². The molecule has 0 heterocycles. The van der Waals surface area contributed by atoms with Crippen molar-refractivity contribution < 1.29 is 9.53 Å². The molecule has 1 fully saturated rings. The molecule has 2 nitrogen and oxygen atoms in total. The highest BCUT2D eigenvalue weighted by Gasteiger charge is 2.26. The average molecular weight is 234 g/mol. The number of methoxy groups -OCH3 is 1. The lowest BCUT2D eigenvalue weighted by molar-refractivity contribution is -0.145. The minimum Gasteiger partial charge on any atom is -0.469 e. The molecular formula is C15H22O2. The molecule has 0 N–H and O–H groups in total. The fraction of sp³-hybridized carbons (Fsp3) is 0.533. The molecule has 1 aliphatic rings. The Labute approximate surface area is 105 Å². The number of carbonyl (C=O) groups is 1. The van der Waals surface area contributed by atoms with E-state index < -0.39 is 0 Å². The van der Waals surface area contributed by atoms with Crippen LogP contribution in [0.1, 0.15) is 40.0 Å². The third-order valence-electron chi connectivity index (χ3n) is 2.78. The summed E-state index contributed by atoms with van der Waals surface area (Å²) >= 11 is 0. The lowest BCUT2D eigenvalue weighted by atomic mass is 9.81. The van der Waals surface area contributed by atoms with Crippen molar-refractivity contribution in [3.05, 3.63) is 23.3 Å². The number of allylic oxidation sites excluding steroid dienone is 4. The van der Waals surface area contributed by atoms with Crippen molar-refractivity contribution in [2.75, 3.05) is 7.11 Å². The van der Waals surface area contributed by atoms with E-state index in [9.17, 15) is 4.79 Å². The Bertz CT molecular complexity index is 342. The monoisotopic (exact) mass is 234 g/mol. The molecule has 0 radical (unpaired) electrons. The summed E-state index contributed by atoms with van der Waals surface area (Å²) in [5, 5.41) is 0.